The molecule has 0 spiro atoms. The normalized spacial score (nSPS) is 12.2. The average molecular weight is 298 g/mol. The van der Waals surface area contributed by atoms with Crippen LogP contribution in [0.4, 0.5) is 8.78 Å². The molecule has 0 amide bonds. The summed E-state index contributed by atoms with van der Waals surface area (Å²) in [7, 11) is 0. The summed E-state index contributed by atoms with van der Waals surface area (Å²) < 4.78 is 31.9. The average Bonchev–Trinajstić information content (AvgIpc) is 2.41. The van der Waals surface area contributed by atoms with E-state index >= 15 is 0 Å². The van der Waals surface area contributed by atoms with Crippen LogP contribution in [-0.2, 0) is 6.61 Å². The van der Waals surface area contributed by atoms with Gasteiger partial charge in [-0.3, -0.25) is 0 Å². The molecule has 0 aromatic heterocycles. The predicted molar refractivity (Wildman–Crippen MR) is 74.7 cm³/mol. The van der Waals surface area contributed by atoms with Crippen LogP contribution in [0.2, 0.25) is 5.02 Å². The van der Waals surface area contributed by atoms with E-state index < -0.39 is 11.6 Å². The molecule has 0 fully saturated rings. The molecule has 0 saturated carbocycles. The largest absolute Gasteiger partial charge is 0.487 e. The molecule has 2 N–H and O–H groups in total. The van der Waals surface area contributed by atoms with E-state index in [1.165, 1.54) is 12.1 Å². The lowest BCUT2D eigenvalue weighted by atomic mass is 10.1. The van der Waals surface area contributed by atoms with Gasteiger partial charge in [0.05, 0.1) is 5.02 Å². The molecule has 0 aliphatic heterocycles. The van der Waals surface area contributed by atoms with Gasteiger partial charge in [-0.25, -0.2) is 8.78 Å². The molecule has 2 nitrogen and oxygen atoms in total. The molecule has 0 aliphatic carbocycles. The number of ether oxygens (including phenoxy) is 1. The number of halogens is 3. The standard InChI is InChI=1S/C15H14ClF2NO/c1-9(19)10-5-6-14(12(16)7-10)20-8-11-3-2-4-13(17)15(11)18/h2-7,9H,8,19H2,1H3/t9-/m0/s1. The molecule has 2 aromatic carbocycles. The fraction of sp³-hybridized carbons (Fsp3) is 0.200. The van der Waals surface area contributed by atoms with Crippen molar-refractivity contribution in [2.75, 3.05) is 0 Å². The summed E-state index contributed by atoms with van der Waals surface area (Å²) in [5.41, 5.74) is 6.75. The van der Waals surface area contributed by atoms with Crippen LogP contribution in [0.5, 0.6) is 5.75 Å². The van der Waals surface area contributed by atoms with E-state index in [1.807, 2.05) is 6.92 Å². The van der Waals surface area contributed by atoms with Crippen molar-refractivity contribution >= 4 is 11.6 Å². The molecule has 2 aromatic rings. The predicted octanol–water partition coefficient (Wildman–Crippen LogP) is 4.22. The Bertz CT molecular complexity index is 617. The lowest BCUT2D eigenvalue weighted by Crippen LogP contribution is -2.05. The molecule has 0 heterocycles. The number of hydrogen-bond acceptors (Lipinski definition) is 2. The molecule has 0 aliphatic rings. The van der Waals surface area contributed by atoms with Gasteiger partial charge in [-0.05, 0) is 30.7 Å². The first-order chi connectivity index (χ1) is 9.49. The van der Waals surface area contributed by atoms with E-state index in [9.17, 15) is 8.78 Å². The summed E-state index contributed by atoms with van der Waals surface area (Å²) in [6, 6.07) is 8.96. The topological polar surface area (TPSA) is 35.2 Å². The third kappa shape index (κ3) is 3.26. The fourth-order valence-corrected chi connectivity index (χ4v) is 1.98. The number of hydrogen-bond donors (Lipinski definition) is 1. The number of benzene rings is 2. The Morgan fingerprint density at radius 3 is 2.65 bits per heavy atom. The highest BCUT2D eigenvalue weighted by Crippen LogP contribution is 2.28. The van der Waals surface area contributed by atoms with Gasteiger partial charge in [-0.2, -0.15) is 0 Å². The van der Waals surface area contributed by atoms with Gasteiger partial charge in [0, 0.05) is 11.6 Å². The van der Waals surface area contributed by atoms with Gasteiger partial charge < -0.3 is 10.5 Å². The van der Waals surface area contributed by atoms with Gasteiger partial charge in [0.25, 0.3) is 0 Å². The molecular formula is C15H14ClF2NO. The van der Waals surface area contributed by atoms with Gasteiger partial charge >= 0.3 is 0 Å². The van der Waals surface area contributed by atoms with E-state index in [0.29, 0.717) is 10.8 Å². The maximum absolute atomic E-state index is 13.5. The third-order valence-corrected chi connectivity index (χ3v) is 3.19. The van der Waals surface area contributed by atoms with Crippen LogP contribution in [-0.4, -0.2) is 0 Å². The molecule has 0 radical (unpaired) electrons. The van der Waals surface area contributed by atoms with Crippen molar-refractivity contribution in [3.05, 3.63) is 64.2 Å². The number of rotatable bonds is 4. The fourth-order valence-electron chi connectivity index (χ4n) is 1.73. The molecule has 5 heteroatoms. The molecule has 0 saturated heterocycles. The Kier molecular flexibility index (Phi) is 4.57. The Morgan fingerprint density at radius 1 is 1.25 bits per heavy atom. The Morgan fingerprint density at radius 2 is 2.00 bits per heavy atom. The van der Waals surface area contributed by atoms with Crippen molar-refractivity contribution in [1.82, 2.24) is 0 Å². The maximum Gasteiger partial charge on any atom is 0.165 e. The smallest absolute Gasteiger partial charge is 0.165 e. The van der Waals surface area contributed by atoms with Gasteiger partial charge in [-0.15, -0.1) is 0 Å². The summed E-state index contributed by atoms with van der Waals surface area (Å²) in [4.78, 5) is 0. The summed E-state index contributed by atoms with van der Waals surface area (Å²) in [6.45, 7) is 1.75. The van der Waals surface area contributed by atoms with Crippen LogP contribution < -0.4 is 10.5 Å². The van der Waals surface area contributed by atoms with Crippen LogP contribution in [0, 0.1) is 11.6 Å². The monoisotopic (exact) mass is 297 g/mol. The molecule has 106 valence electrons. The highest BCUT2D eigenvalue weighted by atomic mass is 35.5. The molecule has 1 atom stereocenters. The quantitative estimate of drug-likeness (QED) is 0.917. The van der Waals surface area contributed by atoms with E-state index in [1.54, 1.807) is 18.2 Å². The van der Waals surface area contributed by atoms with Crippen molar-refractivity contribution in [1.29, 1.82) is 0 Å². The molecule has 0 unspecified atom stereocenters. The minimum atomic E-state index is -0.907. The van der Waals surface area contributed by atoms with Crippen molar-refractivity contribution in [3.8, 4) is 5.75 Å². The van der Waals surface area contributed by atoms with Crippen LogP contribution in [0.25, 0.3) is 0 Å². The summed E-state index contributed by atoms with van der Waals surface area (Å²) in [5, 5.41) is 0.386. The maximum atomic E-state index is 13.5. The lowest BCUT2D eigenvalue weighted by molar-refractivity contribution is 0.297. The van der Waals surface area contributed by atoms with Crippen molar-refractivity contribution in [3.63, 3.8) is 0 Å². The second-order valence-corrected chi connectivity index (χ2v) is 4.89. The summed E-state index contributed by atoms with van der Waals surface area (Å²) in [6.07, 6.45) is 0. The molecule has 20 heavy (non-hydrogen) atoms. The van der Waals surface area contributed by atoms with E-state index in [-0.39, 0.29) is 18.2 Å². The van der Waals surface area contributed by atoms with E-state index in [4.69, 9.17) is 22.1 Å². The van der Waals surface area contributed by atoms with Gasteiger partial charge in [0.1, 0.15) is 12.4 Å². The molecular weight excluding hydrogens is 284 g/mol. The van der Waals surface area contributed by atoms with Crippen molar-refractivity contribution in [2.45, 2.75) is 19.6 Å². The summed E-state index contributed by atoms with van der Waals surface area (Å²) in [5.74, 6) is -1.40. The Hall–Kier alpha value is -1.65. The van der Waals surface area contributed by atoms with Crippen LogP contribution in [0.15, 0.2) is 36.4 Å². The zero-order valence-corrected chi connectivity index (χ0v) is 11.6. The van der Waals surface area contributed by atoms with Crippen LogP contribution >= 0.6 is 11.6 Å². The first-order valence-electron chi connectivity index (χ1n) is 6.09. The minimum absolute atomic E-state index is 0.0964. The van der Waals surface area contributed by atoms with Gasteiger partial charge in [-0.1, -0.05) is 29.8 Å². The SMILES string of the molecule is C[C@H](N)c1ccc(OCc2cccc(F)c2F)c(Cl)c1. The van der Waals surface area contributed by atoms with E-state index in [2.05, 4.69) is 0 Å². The first-order valence-corrected chi connectivity index (χ1v) is 6.47. The Labute approximate surface area is 121 Å². The highest BCUT2D eigenvalue weighted by Gasteiger charge is 2.10. The zero-order chi connectivity index (χ0) is 14.7. The van der Waals surface area contributed by atoms with Crippen LogP contribution in [0.1, 0.15) is 24.1 Å². The van der Waals surface area contributed by atoms with Crippen molar-refractivity contribution in [2.24, 2.45) is 5.73 Å². The third-order valence-electron chi connectivity index (χ3n) is 2.90. The zero-order valence-electron chi connectivity index (χ0n) is 10.9. The van der Waals surface area contributed by atoms with Crippen molar-refractivity contribution < 1.29 is 13.5 Å². The van der Waals surface area contributed by atoms with Gasteiger partial charge in [0.2, 0.25) is 0 Å². The Balaban J connectivity index is 2.13. The molecule has 2 rings (SSSR count). The molecule has 0 bridgehead atoms. The first kappa shape index (κ1) is 14.8. The second-order valence-electron chi connectivity index (χ2n) is 4.48. The highest BCUT2D eigenvalue weighted by molar-refractivity contribution is 6.32. The number of nitrogens with two attached hydrogens (primary N) is 1. The van der Waals surface area contributed by atoms with E-state index in [0.717, 1.165) is 11.6 Å². The second kappa shape index (κ2) is 6.20. The summed E-state index contributed by atoms with van der Waals surface area (Å²) >= 11 is 6.06. The van der Waals surface area contributed by atoms with Gasteiger partial charge in [0.15, 0.2) is 11.6 Å². The minimum Gasteiger partial charge on any atom is -0.487 e. The van der Waals surface area contributed by atoms with Crippen LogP contribution in [0.3, 0.4) is 0 Å². The lowest BCUT2D eigenvalue weighted by Gasteiger charge is -2.11.